The normalized spacial score (nSPS) is 14.5. The molecule has 0 aromatic heterocycles. The Morgan fingerprint density at radius 3 is 2.05 bits per heavy atom. The summed E-state index contributed by atoms with van der Waals surface area (Å²) in [6.07, 6.45) is 3.75. The molecule has 1 amide bonds. The molecule has 0 aliphatic rings. The van der Waals surface area contributed by atoms with Gasteiger partial charge in [0.1, 0.15) is 11.1 Å². The summed E-state index contributed by atoms with van der Waals surface area (Å²) >= 11 is 0. The van der Waals surface area contributed by atoms with Crippen LogP contribution in [0.2, 0.25) is 0 Å². The summed E-state index contributed by atoms with van der Waals surface area (Å²) in [4.78, 5) is 24.8. The van der Waals surface area contributed by atoms with E-state index in [-0.39, 0.29) is 0 Å². The van der Waals surface area contributed by atoms with Crippen molar-refractivity contribution < 1.29 is 19.4 Å². The Morgan fingerprint density at radius 2 is 1.65 bits per heavy atom. The van der Waals surface area contributed by atoms with Gasteiger partial charge in [0.25, 0.3) is 0 Å². The van der Waals surface area contributed by atoms with E-state index < -0.39 is 23.2 Å². The molecule has 0 rings (SSSR count). The third-order valence-electron chi connectivity index (χ3n) is 3.39. The molecule has 0 fully saturated rings. The smallest absolute Gasteiger partial charge is 0.410 e. The summed E-state index contributed by atoms with van der Waals surface area (Å²) in [5, 5.41) is 9.46. The number of aliphatic carboxylic acids is 1. The van der Waals surface area contributed by atoms with E-state index in [9.17, 15) is 14.7 Å². The van der Waals surface area contributed by atoms with Crippen molar-refractivity contribution in [2.24, 2.45) is 0 Å². The molecule has 0 saturated carbocycles. The molecular formula is C15H29NO4. The first-order valence-electron chi connectivity index (χ1n) is 7.25. The number of hydrogen-bond acceptors (Lipinski definition) is 3. The zero-order chi connectivity index (χ0) is 16.0. The Bertz CT molecular complexity index is 335. The number of carbonyl (C=O) groups is 2. The largest absolute Gasteiger partial charge is 0.480 e. The SMILES string of the molecule is CCCCCCC(C)(C(=O)O)N(C)C(=O)OC(C)(C)C. The maximum Gasteiger partial charge on any atom is 0.410 e. The predicted octanol–water partition coefficient (Wildman–Crippen LogP) is 3.67. The van der Waals surface area contributed by atoms with Crippen molar-refractivity contribution in [1.29, 1.82) is 0 Å². The molecule has 118 valence electrons. The first-order chi connectivity index (χ1) is 9.04. The van der Waals surface area contributed by atoms with Gasteiger partial charge in [0, 0.05) is 7.05 Å². The highest BCUT2D eigenvalue weighted by Crippen LogP contribution is 2.24. The lowest BCUT2D eigenvalue weighted by Gasteiger charge is -2.36. The molecule has 5 heteroatoms. The Hall–Kier alpha value is -1.26. The van der Waals surface area contributed by atoms with Crippen molar-refractivity contribution in [3.8, 4) is 0 Å². The molecule has 0 aromatic carbocycles. The molecule has 0 aromatic rings. The van der Waals surface area contributed by atoms with Gasteiger partial charge in [0.2, 0.25) is 0 Å². The first kappa shape index (κ1) is 18.7. The van der Waals surface area contributed by atoms with Gasteiger partial charge >= 0.3 is 12.1 Å². The fourth-order valence-electron chi connectivity index (χ4n) is 1.85. The second kappa shape index (κ2) is 7.50. The Morgan fingerprint density at radius 1 is 1.10 bits per heavy atom. The Labute approximate surface area is 122 Å². The number of unbranched alkanes of at least 4 members (excludes halogenated alkanes) is 3. The summed E-state index contributed by atoms with van der Waals surface area (Å²) in [6, 6.07) is 0. The van der Waals surface area contributed by atoms with E-state index in [4.69, 9.17) is 4.74 Å². The van der Waals surface area contributed by atoms with Gasteiger partial charge in [-0.1, -0.05) is 32.6 Å². The maximum absolute atomic E-state index is 12.0. The molecule has 0 bridgehead atoms. The lowest BCUT2D eigenvalue weighted by Crippen LogP contribution is -2.54. The van der Waals surface area contributed by atoms with Crippen LogP contribution >= 0.6 is 0 Å². The highest BCUT2D eigenvalue weighted by atomic mass is 16.6. The Kier molecular flexibility index (Phi) is 7.03. The molecule has 1 unspecified atom stereocenters. The minimum atomic E-state index is -1.23. The van der Waals surface area contributed by atoms with Crippen molar-refractivity contribution >= 4 is 12.1 Å². The van der Waals surface area contributed by atoms with Gasteiger partial charge in [-0.05, 0) is 34.1 Å². The highest BCUT2D eigenvalue weighted by molar-refractivity contribution is 5.83. The third kappa shape index (κ3) is 5.80. The molecule has 0 aliphatic carbocycles. The van der Waals surface area contributed by atoms with Crippen molar-refractivity contribution in [1.82, 2.24) is 4.90 Å². The summed E-state index contributed by atoms with van der Waals surface area (Å²) in [5.74, 6) is -0.998. The number of nitrogens with zero attached hydrogens (tertiary/aromatic N) is 1. The van der Waals surface area contributed by atoms with Crippen molar-refractivity contribution in [2.75, 3.05) is 7.05 Å². The number of carboxylic acid groups (broad SMARTS) is 1. The van der Waals surface area contributed by atoms with Gasteiger partial charge in [0.05, 0.1) is 0 Å². The van der Waals surface area contributed by atoms with E-state index in [1.807, 2.05) is 0 Å². The van der Waals surface area contributed by atoms with Crippen LogP contribution in [0.15, 0.2) is 0 Å². The van der Waals surface area contributed by atoms with Crippen LogP contribution in [-0.4, -0.2) is 40.3 Å². The minimum Gasteiger partial charge on any atom is -0.480 e. The quantitative estimate of drug-likeness (QED) is 0.725. The fourth-order valence-corrected chi connectivity index (χ4v) is 1.85. The average Bonchev–Trinajstić information content (AvgIpc) is 2.31. The molecule has 0 aliphatic heterocycles. The number of hydrogen-bond donors (Lipinski definition) is 1. The summed E-state index contributed by atoms with van der Waals surface area (Å²) in [7, 11) is 1.49. The molecule has 20 heavy (non-hydrogen) atoms. The average molecular weight is 287 g/mol. The van der Waals surface area contributed by atoms with Crippen molar-refractivity contribution in [2.45, 2.75) is 77.9 Å². The van der Waals surface area contributed by atoms with E-state index in [0.29, 0.717) is 6.42 Å². The molecule has 5 nitrogen and oxygen atoms in total. The van der Waals surface area contributed by atoms with E-state index in [2.05, 4.69) is 6.92 Å². The maximum atomic E-state index is 12.0. The summed E-state index contributed by atoms with van der Waals surface area (Å²) < 4.78 is 5.25. The fraction of sp³-hybridized carbons (Fsp3) is 0.867. The number of amides is 1. The van der Waals surface area contributed by atoms with Crippen LogP contribution in [-0.2, 0) is 9.53 Å². The standard InChI is InChI=1S/C15H29NO4/c1-7-8-9-10-11-15(5,12(17)18)16(6)13(19)20-14(2,3)4/h7-11H2,1-6H3,(H,17,18). The van der Waals surface area contributed by atoms with E-state index in [0.717, 1.165) is 25.7 Å². The minimum absolute atomic E-state index is 0.429. The van der Waals surface area contributed by atoms with Gasteiger partial charge in [-0.15, -0.1) is 0 Å². The predicted molar refractivity (Wildman–Crippen MR) is 78.8 cm³/mol. The Balaban J connectivity index is 4.79. The van der Waals surface area contributed by atoms with Gasteiger partial charge in [-0.25, -0.2) is 9.59 Å². The number of carboxylic acids is 1. The number of rotatable bonds is 7. The zero-order valence-corrected chi connectivity index (χ0v) is 13.7. The van der Waals surface area contributed by atoms with Crippen LogP contribution in [0.1, 0.15) is 66.7 Å². The molecule has 1 N–H and O–H groups in total. The van der Waals surface area contributed by atoms with Crippen LogP contribution in [0, 0.1) is 0 Å². The first-order valence-corrected chi connectivity index (χ1v) is 7.25. The molecule has 0 heterocycles. The molecule has 0 saturated heterocycles. The van der Waals surface area contributed by atoms with Crippen LogP contribution in [0.5, 0.6) is 0 Å². The van der Waals surface area contributed by atoms with Gasteiger partial charge < -0.3 is 9.84 Å². The van der Waals surface area contributed by atoms with Gasteiger partial charge in [-0.3, -0.25) is 4.90 Å². The third-order valence-corrected chi connectivity index (χ3v) is 3.39. The van der Waals surface area contributed by atoms with Crippen LogP contribution in [0.3, 0.4) is 0 Å². The van der Waals surface area contributed by atoms with Crippen LogP contribution in [0.4, 0.5) is 4.79 Å². The van der Waals surface area contributed by atoms with Crippen LogP contribution < -0.4 is 0 Å². The van der Waals surface area contributed by atoms with Gasteiger partial charge in [0.15, 0.2) is 0 Å². The topological polar surface area (TPSA) is 66.8 Å². The van der Waals surface area contributed by atoms with Crippen molar-refractivity contribution in [3.05, 3.63) is 0 Å². The second-order valence-electron chi connectivity index (χ2n) is 6.43. The van der Waals surface area contributed by atoms with Gasteiger partial charge in [-0.2, -0.15) is 0 Å². The van der Waals surface area contributed by atoms with E-state index >= 15 is 0 Å². The number of ether oxygens (including phenoxy) is 1. The second-order valence-corrected chi connectivity index (χ2v) is 6.43. The van der Waals surface area contributed by atoms with Crippen molar-refractivity contribution in [3.63, 3.8) is 0 Å². The number of likely N-dealkylation sites (N-methyl/N-ethyl adjacent to an activating group) is 1. The van der Waals surface area contributed by atoms with Crippen LogP contribution in [0.25, 0.3) is 0 Å². The summed E-state index contributed by atoms with van der Waals surface area (Å²) in [5.41, 5.74) is -1.86. The monoisotopic (exact) mass is 287 g/mol. The lowest BCUT2D eigenvalue weighted by molar-refractivity contribution is -0.149. The molecule has 0 spiro atoms. The summed E-state index contributed by atoms with van der Waals surface area (Å²) in [6.45, 7) is 8.96. The zero-order valence-electron chi connectivity index (χ0n) is 13.7. The molecule has 0 radical (unpaired) electrons. The lowest BCUT2D eigenvalue weighted by atomic mass is 9.93. The van der Waals surface area contributed by atoms with E-state index in [1.54, 1.807) is 27.7 Å². The molecular weight excluding hydrogens is 258 g/mol. The molecule has 1 atom stereocenters. The number of carbonyl (C=O) groups excluding carboxylic acids is 1. The van der Waals surface area contributed by atoms with E-state index in [1.165, 1.54) is 11.9 Å². The highest BCUT2D eigenvalue weighted by Gasteiger charge is 2.41.